The lowest BCUT2D eigenvalue weighted by atomic mass is 10.1. The SMILES string of the molecule is Cc1cc(C)cc(N2C(=O)C3SC=CC3=NC2=S)c1. The molecule has 0 aromatic heterocycles. The number of amides is 1. The molecule has 3 rings (SSSR count). The molecule has 0 radical (unpaired) electrons. The number of hydrogen-bond acceptors (Lipinski definition) is 3. The zero-order valence-electron chi connectivity index (χ0n) is 10.6. The molecule has 0 saturated heterocycles. The van der Waals surface area contributed by atoms with E-state index < -0.39 is 0 Å². The van der Waals surface area contributed by atoms with E-state index in [4.69, 9.17) is 12.2 Å². The standard InChI is InChI=1S/C14H12N2OS2/c1-8-5-9(2)7-10(6-8)16-13(17)12-11(3-4-19-12)15-14(16)18/h3-7,12H,1-2H3. The fourth-order valence-electron chi connectivity index (χ4n) is 2.31. The van der Waals surface area contributed by atoms with Crippen molar-refractivity contribution < 1.29 is 4.79 Å². The van der Waals surface area contributed by atoms with Crippen LogP contribution in [-0.2, 0) is 4.79 Å². The molecule has 2 aliphatic heterocycles. The van der Waals surface area contributed by atoms with E-state index in [2.05, 4.69) is 11.1 Å². The molecule has 19 heavy (non-hydrogen) atoms. The number of carbonyl (C=O) groups excluding carboxylic acids is 1. The zero-order chi connectivity index (χ0) is 13.6. The molecule has 0 saturated carbocycles. The van der Waals surface area contributed by atoms with Gasteiger partial charge in [0.25, 0.3) is 5.91 Å². The molecule has 0 fully saturated rings. The van der Waals surface area contributed by atoms with Crippen molar-refractivity contribution in [3.8, 4) is 0 Å². The van der Waals surface area contributed by atoms with Crippen molar-refractivity contribution in [2.45, 2.75) is 19.1 Å². The third kappa shape index (κ3) is 2.13. The molecule has 2 heterocycles. The summed E-state index contributed by atoms with van der Waals surface area (Å²) < 4.78 is 0. The van der Waals surface area contributed by atoms with Gasteiger partial charge in [-0.2, -0.15) is 0 Å². The molecule has 1 amide bonds. The summed E-state index contributed by atoms with van der Waals surface area (Å²) in [6, 6.07) is 6.00. The van der Waals surface area contributed by atoms with Gasteiger partial charge in [0, 0.05) is 0 Å². The highest BCUT2D eigenvalue weighted by Gasteiger charge is 2.37. The van der Waals surface area contributed by atoms with E-state index in [1.807, 2.05) is 37.5 Å². The van der Waals surface area contributed by atoms with Crippen LogP contribution in [0.25, 0.3) is 0 Å². The van der Waals surface area contributed by atoms with Crippen molar-refractivity contribution in [1.29, 1.82) is 0 Å². The number of rotatable bonds is 1. The predicted molar refractivity (Wildman–Crippen MR) is 84.0 cm³/mol. The molecule has 0 N–H and O–H groups in total. The van der Waals surface area contributed by atoms with Crippen molar-refractivity contribution in [3.05, 3.63) is 40.8 Å². The number of aliphatic imine (C=N–C) groups is 1. The second-order valence-corrected chi connectivity index (χ2v) is 6.04. The van der Waals surface area contributed by atoms with Gasteiger partial charge in [0.05, 0.1) is 11.4 Å². The molecule has 1 atom stereocenters. The number of benzene rings is 1. The van der Waals surface area contributed by atoms with Crippen LogP contribution in [0.15, 0.2) is 34.7 Å². The van der Waals surface area contributed by atoms with Gasteiger partial charge in [0.15, 0.2) is 0 Å². The second-order valence-electron chi connectivity index (χ2n) is 4.66. The number of hydrogen-bond donors (Lipinski definition) is 0. The maximum Gasteiger partial charge on any atom is 0.252 e. The van der Waals surface area contributed by atoms with E-state index in [0.717, 1.165) is 22.5 Å². The summed E-state index contributed by atoms with van der Waals surface area (Å²) in [5, 5.41) is 1.98. The van der Waals surface area contributed by atoms with Crippen LogP contribution in [-0.4, -0.2) is 22.0 Å². The molecule has 0 aliphatic carbocycles. The van der Waals surface area contributed by atoms with Crippen molar-refractivity contribution in [2.75, 3.05) is 4.90 Å². The maximum atomic E-state index is 12.5. The van der Waals surface area contributed by atoms with Gasteiger partial charge in [0.2, 0.25) is 5.11 Å². The minimum Gasteiger partial charge on any atom is -0.272 e. The summed E-state index contributed by atoms with van der Waals surface area (Å²) in [6.07, 6.45) is 1.86. The van der Waals surface area contributed by atoms with E-state index in [0.29, 0.717) is 5.11 Å². The number of thiocarbonyl (C=S) groups is 1. The van der Waals surface area contributed by atoms with Gasteiger partial charge in [-0.25, -0.2) is 4.99 Å². The van der Waals surface area contributed by atoms with Gasteiger partial charge in [-0.05, 0) is 60.8 Å². The smallest absolute Gasteiger partial charge is 0.252 e. The normalized spacial score (nSPS) is 21.7. The number of anilines is 1. The molecular formula is C14H12N2OS2. The molecule has 96 valence electrons. The zero-order valence-corrected chi connectivity index (χ0v) is 12.2. The molecule has 1 unspecified atom stereocenters. The Kier molecular flexibility index (Phi) is 3.03. The average molecular weight is 288 g/mol. The second kappa shape index (κ2) is 4.58. The van der Waals surface area contributed by atoms with Gasteiger partial charge in [-0.15, -0.1) is 11.8 Å². The van der Waals surface area contributed by atoms with Gasteiger partial charge >= 0.3 is 0 Å². The number of thioether (sulfide) groups is 1. The van der Waals surface area contributed by atoms with Gasteiger partial charge < -0.3 is 0 Å². The van der Waals surface area contributed by atoms with Gasteiger partial charge in [0.1, 0.15) is 5.25 Å². The number of allylic oxidation sites excluding steroid dienone is 1. The number of nitrogens with zero attached hydrogens (tertiary/aromatic N) is 2. The Morgan fingerprint density at radius 3 is 2.63 bits per heavy atom. The van der Waals surface area contributed by atoms with E-state index >= 15 is 0 Å². The van der Waals surface area contributed by atoms with E-state index in [1.165, 1.54) is 11.8 Å². The number of aryl methyl sites for hydroxylation is 2. The lowest BCUT2D eigenvalue weighted by Gasteiger charge is -2.28. The Hall–Kier alpha value is -1.46. The quantitative estimate of drug-likeness (QED) is 0.745. The molecule has 0 spiro atoms. The molecule has 1 aromatic rings. The predicted octanol–water partition coefficient (Wildman–Crippen LogP) is 3.01. The number of carbonyl (C=O) groups is 1. The van der Waals surface area contributed by atoms with Crippen LogP contribution in [0.4, 0.5) is 5.69 Å². The Morgan fingerprint density at radius 2 is 1.95 bits per heavy atom. The fraction of sp³-hybridized carbons (Fsp3) is 0.214. The van der Waals surface area contributed by atoms with Gasteiger partial charge in [-0.3, -0.25) is 9.69 Å². The first-order chi connectivity index (χ1) is 9.06. The van der Waals surface area contributed by atoms with E-state index in [-0.39, 0.29) is 11.2 Å². The van der Waals surface area contributed by atoms with Gasteiger partial charge in [-0.1, -0.05) is 6.07 Å². The van der Waals surface area contributed by atoms with Crippen molar-refractivity contribution in [1.82, 2.24) is 0 Å². The van der Waals surface area contributed by atoms with Crippen molar-refractivity contribution >= 4 is 46.4 Å². The highest BCUT2D eigenvalue weighted by atomic mass is 32.2. The molecule has 0 bridgehead atoms. The minimum absolute atomic E-state index is 0.00463. The third-order valence-corrected chi connectivity index (χ3v) is 4.33. The van der Waals surface area contributed by atoms with Crippen molar-refractivity contribution in [2.24, 2.45) is 4.99 Å². The Morgan fingerprint density at radius 1 is 1.26 bits per heavy atom. The summed E-state index contributed by atoms with van der Waals surface area (Å²) in [5.74, 6) is -0.00463. The average Bonchev–Trinajstić information content (AvgIpc) is 2.75. The van der Waals surface area contributed by atoms with Crippen LogP contribution in [0, 0.1) is 13.8 Å². The monoisotopic (exact) mass is 288 g/mol. The summed E-state index contributed by atoms with van der Waals surface area (Å²) in [6.45, 7) is 4.02. The van der Waals surface area contributed by atoms with Crippen LogP contribution in [0.3, 0.4) is 0 Å². The van der Waals surface area contributed by atoms with E-state index in [1.54, 1.807) is 4.90 Å². The van der Waals surface area contributed by atoms with E-state index in [9.17, 15) is 4.79 Å². The summed E-state index contributed by atoms with van der Waals surface area (Å²) in [7, 11) is 0. The van der Waals surface area contributed by atoms with Crippen LogP contribution in [0.5, 0.6) is 0 Å². The highest BCUT2D eigenvalue weighted by Crippen LogP contribution is 2.31. The Bertz CT molecular complexity index is 629. The largest absolute Gasteiger partial charge is 0.272 e. The Balaban J connectivity index is 2.06. The Labute approximate surface area is 121 Å². The topological polar surface area (TPSA) is 32.7 Å². The first kappa shape index (κ1) is 12.6. The first-order valence-corrected chi connectivity index (χ1v) is 7.28. The maximum absolute atomic E-state index is 12.5. The molecule has 1 aromatic carbocycles. The summed E-state index contributed by atoms with van der Waals surface area (Å²) in [5.41, 5.74) is 3.79. The molecule has 5 heteroatoms. The van der Waals surface area contributed by atoms with Crippen LogP contribution in [0.2, 0.25) is 0 Å². The first-order valence-electron chi connectivity index (χ1n) is 5.93. The van der Waals surface area contributed by atoms with Crippen molar-refractivity contribution in [3.63, 3.8) is 0 Å². The third-order valence-electron chi connectivity index (χ3n) is 3.05. The molecule has 2 aliphatic rings. The molecular weight excluding hydrogens is 276 g/mol. The van der Waals surface area contributed by atoms with Crippen LogP contribution in [0.1, 0.15) is 11.1 Å². The molecule has 3 nitrogen and oxygen atoms in total. The highest BCUT2D eigenvalue weighted by molar-refractivity contribution is 8.04. The summed E-state index contributed by atoms with van der Waals surface area (Å²) >= 11 is 6.75. The lowest BCUT2D eigenvalue weighted by molar-refractivity contribution is -0.116. The number of fused-ring (bicyclic) bond motifs is 1. The van der Waals surface area contributed by atoms with Crippen LogP contribution < -0.4 is 4.90 Å². The minimum atomic E-state index is -0.243. The fourth-order valence-corrected chi connectivity index (χ4v) is 3.48. The summed E-state index contributed by atoms with van der Waals surface area (Å²) in [4.78, 5) is 18.4. The van der Waals surface area contributed by atoms with Crippen LogP contribution >= 0.6 is 24.0 Å². The lowest BCUT2D eigenvalue weighted by Crippen LogP contribution is -2.47.